The van der Waals surface area contributed by atoms with Crippen LogP contribution in [0, 0.1) is 3.57 Å². The summed E-state index contributed by atoms with van der Waals surface area (Å²) >= 11 is 2.08. The molecule has 0 unspecified atom stereocenters. The Hall–Kier alpha value is -3.08. The Morgan fingerprint density at radius 3 is 2.50 bits per heavy atom. The maximum Gasteiger partial charge on any atom is 0.338 e. The van der Waals surface area contributed by atoms with E-state index in [2.05, 4.69) is 44.0 Å². The van der Waals surface area contributed by atoms with Gasteiger partial charge in [-0.2, -0.15) is 0 Å². The number of phenolic OH excluding ortho intramolecular Hbond substituents is 1. The predicted octanol–water partition coefficient (Wildman–Crippen LogP) is 6.49. The van der Waals surface area contributed by atoms with E-state index in [0.717, 1.165) is 47.7 Å². The maximum absolute atomic E-state index is 12.3. The molecule has 0 aliphatic rings. The van der Waals surface area contributed by atoms with Crippen LogP contribution in [-0.2, 0) is 16.0 Å². The van der Waals surface area contributed by atoms with Gasteiger partial charge in [0.2, 0.25) is 5.91 Å². The number of hydrogen-bond acceptors (Lipinski definition) is 6. The van der Waals surface area contributed by atoms with Gasteiger partial charge in [0.05, 0.1) is 30.5 Å². The molecule has 0 fully saturated rings. The van der Waals surface area contributed by atoms with E-state index in [1.807, 2.05) is 6.08 Å². The summed E-state index contributed by atoms with van der Waals surface area (Å²) in [6.45, 7) is 0.123. The van der Waals surface area contributed by atoms with Crippen molar-refractivity contribution < 1.29 is 24.5 Å². The monoisotopic (exact) mass is 634 g/mol. The molecule has 0 radical (unpaired) electrons. The van der Waals surface area contributed by atoms with Gasteiger partial charge in [0.15, 0.2) is 0 Å². The molecule has 1 amide bonds. The molecule has 0 spiro atoms. The molecule has 204 valence electrons. The highest BCUT2D eigenvalue weighted by Crippen LogP contribution is 2.23. The van der Waals surface area contributed by atoms with Gasteiger partial charge >= 0.3 is 5.97 Å². The fourth-order valence-corrected chi connectivity index (χ4v) is 4.29. The maximum atomic E-state index is 12.3. The van der Waals surface area contributed by atoms with Gasteiger partial charge in [-0.25, -0.2) is 4.79 Å². The van der Waals surface area contributed by atoms with Crippen LogP contribution in [0.1, 0.15) is 67.3 Å². The van der Waals surface area contributed by atoms with E-state index in [4.69, 9.17) is 10.3 Å². The lowest BCUT2D eigenvalue weighted by molar-refractivity contribution is -0.122. The fraction of sp³-hybridized carbons (Fsp3) is 0.429. The number of aliphatic hydroxyl groups excluding tert-OH is 1. The first-order valence-corrected chi connectivity index (χ1v) is 13.9. The fourth-order valence-electron chi connectivity index (χ4n) is 3.80. The summed E-state index contributed by atoms with van der Waals surface area (Å²) in [7, 11) is 0. The van der Waals surface area contributed by atoms with Gasteiger partial charge in [0, 0.05) is 14.9 Å². The van der Waals surface area contributed by atoms with Crippen LogP contribution in [0.25, 0.3) is 10.4 Å². The number of amides is 1. The van der Waals surface area contributed by atoms with Gasteiger partial charge in [0.25, 0.3) is 0 Å². The molecule has 2 aromatic rings. The number of phenols is 1. The third-order valence-electron chi connectivity index (χ3n) is 5.79. The number of carbonyl (C=O) groups is 2. The Morgan fingerprint density at radius 1 is 1.05 bits per heavy atom. The van der Waals surface area contributed by atoms with Gasteiger partial charge in [-0.1, -0.05) is 54.7 Å². The molecule has 0 saturated carbocycles. The number of azide groups is 1. The summed E-state index contributed by atoms with van der Waals surface area (Å²) in [4.78, 5) is 27.2. The lowest BCUT2D eigenvalue weighted by atomic mass is 10.1. The zero-order chi connectivity index (χ0) is 27.6. The predicted molar refractivity (Wildman–Crippen MR) is 155 cm³/mol. The molecule has 38 heavy (non-hydrogen) atoms. The summed E-state index contributed by atoms with van der Waals surface area (Å²) in [5, 5.41) is 25.3. The minimum Gasteiger partial charge on any atom is -0.508 e. The van der Waals surface area contributed by atoms with Gasteiger partial charge in [-0.15, -0.1) is 0 Å². The number of hydrogen-bond donors (Lipinski definition) is 3. The molecule has 0 bridgehead atoms. The Labute approximate surface area is 237 Å². The largest absolute Gasteiger partial charge is 0.508 e. The molecular formula is C28H35IN4O5. The smallest absolute Gasteiger partial charge is 0.338 e. The highest BCUT2D eigenvalue weighted by molar-refractivity contribution is 14.1. The number of nitrogens with one attached hydrogen (secondary N) is 1. The van der Waals surface area contributed by atoms with Crippen molar-refractivity contribution in [3.63, 3.8) is 0 Å². The highest BCUT2D eigenvalue weighted by Gasteiger charge is 2.13. The third-order valence-corrected chi connectivity index (χ3v) is 6.46. The summed E-state index contributed by atoms with van der Waals surface area (Å²) in [5.74, 6) is -0.366. The number of carbonyl (C=O) groups excluding carboxylic acids is 2. The zero-order valence-electron chi connectivity index (χ0n) is 21.4. The van der Waals surface area contributed by atoms with Crippen molar-refractivity contribution in [2.24, 2.45) is 5.11 Å². The van der Waals surface area contributed by atoms with E-state index < -0.39 is 5.97 Å². The van der Waals surface area contributed by atoms with Crippen molar-refractivity contribution in [1.29, 1.82) is 0 Å². The van der Waals surface area contributed by atoms with E-state index in [-0.39, 0.29) is 42.2 Å². The minimum atomic E-state index is -0.503. The number of rotatable bonds is 17. The van der Waals surface area contributed by atoms with Crippen LogP contribution < -0.4 is 5.32 Å². The zero-order valence-corrected chi connectivity index (χ0v) is 23.5. The first kappa shape index (κ1) is 31.1. The molecule has 2 rings (SSSR count). The molecule has 0 aliphatic carbocycles. The Bertz CT molecular complexity index is 1100. The Morgan fingerprint density at radius 2 is 1.76 bits per heavy atom. The Balaban J connectivity index is 1.50. The van der Waals surface area contributed by atoms with Crippen LogP contribution in [0.3, 0.4) is 0 Å². The average Bonchev–Trinajstić information content (AvgIpc) is 2.91. The van der Waals surface area contributed by atoms with Crippen molar-refractivity contribution in [2.75, 3.05) is 13.2 Å². The first-order valence-electron chi connectivity index (χ1n) is 12.8. The van der Waals surface area contributed by atoms with Crippen molar-refractivity contribution in [3.05, 3.63) is 79.8 Å². The number of aromatic hydroxyl groups is 1. The van der Waals surface area contributed by atoms with E-state index in [1.54, 1.807) is 42.5 Å². The summed E-state index contributed by atoms with van der Waals surface area (Å²) < 4.78 is 6.15. The lowest BCUT2D eigenvalue weighted by Gasteiger charge is -2.16. The Kier molecular flexibility index (Phi) is 14.9. The van der Waals surface area contributed by atoms with Gasteiger partial charge in [-0.3, -0.25) is 4.79 Å². The van der Waals surface area contributed by atoms with E-state index in [0.29, 0.717) is 19.3 Å². The average molecular weight is 635 g/mol. The molecule has 3 N–H and O–H groups in total. The molecule has 0 heterocycles. The van der Waals surface area contributed by atoms with Gasteiger partial charge < -0.3 is 20.3 Å². The number of ether oxygens (including phenoxy) is 1. The molecule has 10 heteroatoms. The highest BCUT2D eigenvalue weighted by atomic mass is 127. The van der Waals surface area contributed by atoms with Crippen molar-refractivity contribution >= 4 is 40.2 Å². The molecule has 0 aliphatic heterocycles. The summed E-state index contributed by atoms with van der Waals surface area (Å²) in [6.07, 6.45) is 11.6. The van der Waals surface area contributed by atoms with Gasteiger partial charge in [-0.05, 0) is 90.1 Å². The standard InChI is InChI=1S/C28H35IN4O5/c29-22-13-16-26(32-33-30)25(19-22)28(37)38-17-9-7-5-3-1-2-4-6-8-10-27(36)31-23(20-34)18-21-11-14-24(35)15-12-21/h5,7,11-16,19,23,34-35H,1-4,6,8-10,17-18,20H2,(H,31,36)/b7-5-/t23-/m0/s1. The van der Waals surface area contributed by atoms with E-state index in [1.165, 1.54) is 0 Å². The molecule has 0 aromatic heterocycles. The molecule has 0 saturated heterocycles. The summed E-state index contributed by atoms with van der Waals surface area (Å²) in [5.41, 5.74) is 10.1. The third kappa shape index (κ3) is 12.4. The van der Waals surface area contributed by atoms with Crippen LogP contribution in [0.2, 0.25) is 0 Å². The van der Waals surface area contributed by atoms with Crippen LogP contribution >= 0.6 is 22.6 Å². The lowest BCUT2D eigenvalue weighted by Crippen LogP contribution is -2.38. The number of halogens is 1. The number of unbranched alkanes of at least 4 members (excludes halogenated alkanes) is 5. The van der Waals surface area contributed by atoms with E-state index >= 15 is 0 Å². The van der Waals surface area contributed by atoms with Gasteiger partial charge in [0.1, 0.15) is 5.75 Å². The first-order chi connectivity index (χ1) is 18.4. The van der Waals surface area contributed by atoms with Crippen molar-refractivity contribution in [2.45, 2.75) is 63.8 Å². The van der Waals surface area contributed by atoms with Crippen LogP contribution in [0.5, 0.6) is 5.75 Å². The number of aliphatic hydroxyl groups is 1. The molecule has 2 aromatic carbocycles. The quantitative estimate of drug-likeness (QED) is 0.0347. The number of nitrogens with zero attached hydrogens (tertiary/aromatic N) is 3. The summed E-state index contributed by atoms with van der Waals surface area (Å²) in [6, 6.07) is 11.4. The second kappa shape index (κ2) is 18.2. The van der Waals surface area contributed by atoms with E-state index in [9.17, 15) is 19.8 Å². The molecule has 1 atom stereocenters. The minimum absolute atomic E-state index is 0.0533. The second-order valence-electron chi connectivity index (χ2n) is 8.87. The van der Waals surface area contributed by atoms with Crippen molar-refractivity contribution in [1.82, 2.24) is 5.32 Å². The molecular weight excluding hydrogens is 599 g/mol. The van der Waals surface area contributed by atoms with Crippen LogP contribution in [0.4, 0.5) is 5.69 Å². The second-order valence-corrected chi connectivity index (χ2v) is 10.1. The SMILES string of the molecule is [N-]=[N+]=Nc1ccc(I)cc1C(=O)OCC/C=C\CCCCCCCC(=O)N[C@H](CO)Cc1ccc(O)cc1. The normalized spacial score (nSPS) is 11.6. The molecule has 9 nitrogen and oxygen atoms in total. The number of benzene rings is 2. The number of allylic oxidation sites excluding steroid dienone is 1. The van der Waals surface area contributed by atoms with Crippen LogP contribution in [-0.4, -0.2) is 41.3 Å². The topological polar surface area (TPSA) is 145 Å². The van der Waals surface area contributed by atoms with Crippen molar-refractivity contribution in [3.8, 4) is 5.75 Å². The van der Waals surface area contributed by atoms with Crippen LogP contribution in [0.15, 0.2) is 59.7 Å². The number of esters is 1.